The summed E-state index contributed by atoms with van der Waals surface area (Å²) in [6, 6.07) is 0. The van der Waals surface area contributed by atoms with Crippen LogP contribution in [0.1, 0.15) is 19.3 Å². The van der Waals surface area contributed by atoms with Crippen LogP contribution in [0.25, 0.3) is 0 Å². The summed E-state index contributed by atoms with van der Waals surface area (Å²) in [4.78, 5) is 20.4. The molecular weight excluding hydrogens is 183 g/mol. The number of ketones is 2. The Balaban J connectivity index is 0.000000490. The predicted molar refractivity (Wildman–Crippen MR) is 23.9 cm³/mol. The second-order valence-corrected chi connectivity index (χ2v) is 1.70. The molecule has 0 aliphatic heterocycles. The molecule has 0 unspecified atom stereocenters. The smallest absolute Gasteiger partial charge is 0.198 e. The van der Waals surface area contributed by atoms with Gasteiger partial charge in [0.2, 0.25) is 0 Å². The molecule has 1 rings (SSSR count). The first-order chi connectivity index (χ1) is 3.30. The zero-order valence-electron chi connectivity index (χ0n) is 4.44. The van der Waals surface area contributed by atoms with Gasteiger partial charge in [0, 0.05) is 39.0 Å². The van der Waals surface area contributed by atoms with Crippen molar-refractivity contribution in [2.24, 2.45) is 0 Å². The van der Waals surface area contributed by atoms with Gasteiger partial charge >= 0.3 is 0 Å². The molecule has 0 heterocycles. The summed E-state index contributed by atoms with van der Waals surface area (Å²) in [7, 11) is 0. The molecule has 0 radical (unpaired) electrons. The molecule has 1 aliphatic carbocycles. The Morgan fingerprint density at radius 2 is 1.38 bits per heavy atom. The molecule has 0 aromatic carbocycles. The fraction of sp³-hybridized carbons (Fsp3) is 0.600. The first-order valence-corrected chi connectivity index (χ1v) is 2.37. The van der Waals surface area contributed by atoms with Crippen molar-refractivity contribution < 1.29 is 35.8 Å². The van der Waals surface area contributed by atoms with E-state index in [0.717, 1.165) is 6.42 Å². The number of carbonyl (C=O) groups is 2. The van der Waals surface area contributed by atoms with Crippen molar-refractivity contribution in [3.63, 3.8) is 0 Å². The largest absolute Gasteiger partial charge is 0.291 e. The molecular formula is C5H6O2Zr. The zero-order valence-corrected chi connectivity index (χ0v) is 6.90. The van der Waals surface area contributed by atoms with Crippen molar-refractivity contribution >= 4 is 11.6 Å². The van der Waals surface area contributed by atoms with Gasteiger partial charge in [0.25, 0.3) is 0 Å². The molecule has 0 aromatic heterocycles. The van der Waals surface area contributed by atoms with Gasteiger partial charge in [-0.25, -0.2) is 0 Å². The van der Waals surface area contributed by atoms with E-state index in [-0.39, 0.29) is 37.8 Å². The van der Waals surface area contributed by atoms with E-state index >= 15 is 0 Å². The molecule has 2 nitrogen and oxygen atoms in total. The van der Waals surface area contributed by atoms with Crippen molar-refractivity contribution in [1.82, 2.24) is 0 Å². The fourth-order valence-electron chi connectivity index (χ4n) is 0.688. The maximum absolute atomic E-state index is 10.2. The van der Waals surface area contributed by atoms with Gasteiger partial charge in [-0.2, -0.15) is 0 Å². The Bertz CT molecular complexity index is 106. The first kappa shape index (κ1) is 8.22. The Hall–Kier alpha value is 0.223. The molecule has 0 spiro atoms. The fourth-order valence-corrected chi connectivity index (χ4v) is 0.688. The summed E-state index contributed by atoms with van der Waals surface area (Å²) in [5, 5.41) is 0. The van der Waals surface area contributed by atoms with Crippen LogP contribution in [0.2, 0.25) is 0 Å². The van der Waals surface area contributed by atoms with Gasteiger partial charge in [0.15, 0.2) is 11.6 Å². The molecule has 1 saturated carbocycles. The van der Waals surface area contributed by atoms with Gasteiger partial charge in [-0.3, -0.25) is 9.59 Å². The van der Waals surface area contributed by atoms with Crippen LogP contribution in [0.5, 0.6) is 0 Å². The van der Waals surface area contributed by atoms with Crippen LogP contribution >= 0.6 is 0 Å². The first-order valence-electron chi connectivity index (χ1n) is 2.37. The van der Waals surface area contributed by atoms with Gasteiger partial charge in [-0.05, 0) is 6.42 Å². The second-order valence-electron chi connectivity index (χ2n) is 1.70. The SMILES string of the molecule is O=C1CCCC1=O.[Zr]. The molecule has 1 aliphatic rings. The minimum atomic E-state index is -0.181. The Labute approximate surface area is 66.8 Å². The van der Waals surface area contributed by atoms with Crippen LogP contribution in [-0.4, -0.2) is 11.6 Å². The average molecular weight is 189 g/mol. The van der Waals surface area contributed by atoms with Gasteiger partial charge in [0.1, 0.15) is 0 Å². The van der Waals surface area contributed by atoms with E-state index in [1.165, 1.54) is 0 Å². The average Bonchev–Trinajstić information content (AvgIpc) is 1.91. The summed E-state index contributed by atoms with van der Waals surface area (Å²) in [6.45, 7) is 0. The number of Topliss-reactive ketones (excluding diaryl/α,β-unsaturated/α-hetero) is 2. The van der Waals surface area contributed by atoms with Crippen molar-refractivity contribution in [2.45, 2.75) is 19.3 Å². The van der Waals surface area contributed by atoms with Crippen LogP contribution in [0.15, 0.2) is 0 Å². The van der Waals surface area contributed by atoms with Crippen molar-refractivity contribution in [2.75, 3.05) is 0 Å². The molecule has 8 heavy (non-hydrogen) atoms. The normalized spacial score (nSPS) is 18.5. The van der Waals surface area contributed by atoms with Gasteiger partial charge in [-0.1, -0.05) is 0 Å². The molecule has 0 saturated heterocycles. The number of rotatable bonds is 0. The van der Waals surface area contributed by atoms with Crippen LogP contribution in [0.4, 0.5) is 0 Å². The molecule has 1 fully saturated rings. The van der Waals surface area contributed by atoms with E-state index < -0.39 is 0 Å². The Kier molecular flexibility index (Phi) is 3.38. The number of hydrogen-bond donors (Lipinski definition) is 0. The summed E-state index contributed by atoms with van der Waals surface area (Å²) in [6.07, 6.45) is 1.75. The van der Waals surface area contributed by atoms with Crippen LogP contribution < -0.4 is 0 Å². The molecule has 0 N–H and O–H groups in total. The quantitative estimate of drug-likeness (QED) is 0.514. The number of hydrogen-bond acceptors (Lipinski definition) is 2. The monoisotopic (exact) mass is 188 g/mol. The molecule has 0 amide bonds. The standard InChI is InChI=1S/C5H6O2.Zr/c6-4-2-1-3-5(4)7;/h1-3H2;. The third-order valence-corrected chi connectivity index (χ3v) is 1.12. The van der Waals surface area contributed by atoms with Gasteiger partial charge in [-0.15, -0.1) is 0 Å². The van der Waals surface area contributed by atoms with E-state index in [1.807, 2.05) is 0 Å². The Morgan fingerprint density at radius 3 is 1.50 bits per heavy atom. The van der Waals surface area contributed by atoms with E-state index in [4.69, 9.17) is 0 Å². The molecule has 0 bridgehead atoms. The van der Waals surface area contributed by atoms with Crippen LogP contribution in [0.3, 0.4) is 0 Å². The number of carbonyl (C=O) groups excluding carboxylic acids is 2. The van der Waals surface area contributed by atoms with E-state index in [1.54, 1.807) is 0 Å². The van der Waals surface area contributed by atoms with Crippen molar-refractivity contribution in [3.8, 4) is 0 Å². The van der Waals surface area contributed by atoms with E-state index in [2.05, 4.69) is 0 Å². The van der Waals surface area contributed by atoms with E-state index in [0.29, 0.717) is 12.8 Å². The maximum Gasteiger partial charge on any atom is 0.198 e. The minimum absolute atomic E-state index is 0. The molecule has 0 aromatic rings. The molecule has 42 valence electrons. The van der Waals surface area contributed by atoms with Crippen molar-refractivity contribution in [1.29, 1.82) is 0 Å². The van der Waals surface area contributed by atoms with E-state index in [9.17, 15) is 9.59 Å². The summed E-state index contributed by atoms with van der Waals surface area (Å²) < 4.78 is 0. The van der Waals surface area contributed by atoms with Crippen LogP contribution in [-0.2, 0) is 35.8 Å². The third kappa shape index (κ3) is 1.62. The zero-order chi connectivity index (χ0) is 5.28. The summed E-state index contributed by atoms with van der Waals surface area (Å²) in [5.41, 5.74) is 0. The van der Waals surface area contributed by atoms with Crippen molar-refractivity contribution in [3.05, 3.63) is 0 Å². The van der Waals surface area contributed by atoms with Gasteiger partial charge < -0.3 is 0 Å². The topological polar surface area (TPSA) is 34.1 Å². The maximum atomic E-state index is 10.2. The third-order valence-electron chi connectivity index (χ3n) is 1.12. The summed E-state index contributed by atoms with van der Waals surface area (Å²) in [5.74, 6) is -0.361. The van der Waals surface area contributed by atoms with Gasteiger partial charge in [0.05, 0.1) is 0 Å². The Morgan fingerprint density at radius 1 is 1.00 bits per heavy atom. The minimum Gasteiger partial charge on any atom is -0.291 e. The second kappa shape index (κ2) is 3.29. The van der Waals surface area contributed by atoms with Crippen LogP contribution in [0, 0.1) is 0 Å². The molecule has 3 heteroatoms. The predicted octanol–water partition coefficient (Wildman–Crippen LogP) is 0.306. The summed E-state index contributed by atoms with van der Waals surface area (Å²) >= 11 is 0. The molecule has 0 atom stereocenters.